The molecule has 0 spiro atoms. The van der Waals surface area contributed by atoms with Gasteiger partial charge in [-0.1, -0.05) is 0 Å². The van der Waals surface area contributed by atoms with Gasteiger partial charge in [-0.25, -0.2) is 0 Å². The van der Waals surface area contributed by atoms with Crippen LogP contribution in [0.2, 0.25) is 0 Å². The Hall–Kier alpha value is 0.616. The van der Waals surface area contributed by atoms with E-state index in [1.165, 1.54) is 11.1 Å². The number of carbonyl (C=O) groups excluding carboxylic acids is 1. The summed E-state index contributed by atoms with van der Waals surface area (Å²) in [5, 5.41) is 0. The van der Waals surface area contributed by atoms with Gasteiger partial charge in [0, 0.05) is 0 Å². The standard InChI is InChI=1S/C10H13O.2BrH.Co/c1-6-7(2)9(4)10(5-11)8(6)3;;;/h8H,1-4H3;2*1H;. The maximum atomic E-state index is 11.1. The summed E-state index contributed by atoms with van der Waals surface area (Å²) in [4.78, 5) is 11.1. The molecular formula is C10H15Br2CoO. The van der Waals surface area contributed by atoms with Crippen LogP contribution in [-0.2, 0) is 20.5 Å². The monoisotopic (exact) mass is 368 g/mol. The summed E-state index contributed by atoms with van der Waals surface area (Å²) in [6.07, 6.45) is 0. The van der Waals surface area contributed by atoms with E-state index < -0.39 is 0 Å². The predicted octanol–water partition coefficient (Wildman–Crippen LogP) is 3.52. The minimum absolute atomic E-state index is 0. The normalized spacial score (nSPS) is 20.6. The van der Waals surface area contributed by atoms with Crippen molar-refractivity contribution in [3.05, 3.63) is 22.3 Å². The molecule has 1 aliphatic rings. The van der Waals surface area contributed by atoms with E-state index in [-0.39, 0.29) is 44.6 Å². The molecule has 84 valence electrons. The second-order valence-corrected chi connectivity index (χ2v) is 3.79. The Labute approximate surface area is 115 Å². The van der Waals surface area contributed by atoms with Gasteiger partial charge in [-0.05, 0) is 0 Å². The molecule has 0 saturated heterocycles. The summed E-state index contributed by atoms with van der Waals surface area (Å²) in [5.41, 5.74) is 4.52. The van der Waals surface area contributed by atoms with Crippen molar-refractivity contribution < 1.29 is 20.5 Å². The molecule has 0 aromatic heterocycles. The molecule has 0 aliphatic heterocycles. The van der Waals surface area contributed by atoms with Crippen molar-refractivity contribution in [2.75, 3.05) is 0 Å². The maximum absolute atomic E-state index is 11.1. The second-order valence-electron chi connectivity index (χ2n) is 3.32. The van der Waals surface area contributed by atoms with Crippen LogP contribution in [0.15, 0.2) is 22.3 Å². The van der Waals surface area contributed by atoms with Gasteiger partial charge in [-0.15, -0.1) is 34.0 Å². The summed E-state index contributed by atoms with van der Waals surface area (Å²) in [6, 6.07) is 0. The van der Waals surface area contributed by atoms with Crippen molar-refractivity contribution >= 4 is 38.7 Å². The van der Waals surface area contributed by atoms with Crippen LogP contribution in [0.4, 0.5) is 0 Å². The van der Waals surface area contributed by atoms with Gasteiger partial charge in [0.1, 0.15) is 0 Å². The minimum atomic E-state index is -0.0938. The fourth-order valence-electron chi connectivity index (χ4n) is 1.66. The van der Waals surface area contributed by atoms with E-state index in [4.69, 9.17) is 0 Å². The van der Waals surface area contributed by atoms with E-state index in [1.807, 2.05) is 6.92 Å². The number of allylic oxidation sites excluding steroid dienone is 4. The summed E-state index contributed by atoms with van der Waals surface area (Å²) < 4.78 is -0.0938. The van der Waals surface area contributed by atoms with Gasteiger partial charge < -0.3 is 0 Å². The zero-order chi connectivity index (χ0) is 9.46. The Morgan fingerprint density at radius 3 is 1.71 bits per heavy atom. The fourth-order valence-corrected chi connectivity index (χ4v) is 2.08. The van der Waals surface area contributed by atoms with E-state index in [9.17, 15) is 4.79 Å². The number of halogens is 2. The molecule has 0 fully saturated rings. The Bertz CT molecular complexity index is 305. The van der Waals surface area contributed by atoms with Crippen molar-refractivity contribution in [1.29, 1.82) is 0 Å². The zero-order valence-corrected chi connectivity index (χ0v) is 13.1. The molecule has 1 rings (SSSR count). The summed E-state index contributed by atoms with van der Waals surface area (Å²) in [7, 11) is 0. The van der Waals surface area contributed by atoms with Crippen molar-refractivity contribution in [2.24, 2.45) is 5.92 Å². The molecule has 1 nitrogen and oxygen atoms in total. The van der Waals surface area contributed by atoms with Gasteiger partial charge in [0.2, 0.25) is 0 Å². The predicted molar refractivity (Wildman–Crippen MR) is 65.9 cm³/mol. The second kappa shape index (κ2) is 6.25. The van der Waals surface area contributed by atoms with Crippen LogP contribution in [0, 0.1) is 5.92 Å². The molecule has 0 radical (unpaired) electrons. The van der Waals surface area contributed by atoms with Crippen molar-refractivity contribution in [3.63, 3.8) is 0 Å². The van der Waals surface area contributed by atoms with Crippen molar-refractivity contribution in [2.45, 2.75) is 27.7 Å². The van der Waals surface area contributed by atoms with Crippen LogP contribution in [0.25, 0.3) is 0 Å². The van der Waals surface area contributed by atoms with Crippen LogP contribution in [0.3, 0.4) is 0 Å². The summed E-state index contributed by atoms with van der Waals surface area (Å²) in [6.45, 7) is 8.18. The molecule has 0 N–H and O–H groups in total. The van der Waals surface area contributed by atoms with Gasteiger partial charge in [0.15, 0.2) is 0 Å². The third-order valence-corrected chi connectivity index (χ3v) is 3.12. The van der Waals surface area contributed by atoms with Crippen molar-refractivity contribution in [3.8, 4) is 0 Å². The van der Waals surface area contributed by atoms with E-state index in [0.717, 1.165) is 11.1 Å². The average molecular weight is 370 g/mol. The SMILES string of the molecule is Br.Br.CC1=C(C)C(C)C([C](=O)[Co])=C1C. The van der Waals surface area contributed by atoms with Gasteiger partial charge >= 0.3 is 81.2 Å². The Morgan fingerprint density at radius 2 is 1.57 bits per heavy atom. The first kappa shape index (κ1) is 17.0. The van der Waals surface area contributed by atoms with Crippen LogP contribution in [0.1, 0.15) is 27.7 Å². The van der Waals surface area contributed by atoms with E-state index >= 15 is 0 Å². The van der Waals surface area contributed by atoms with E-state index in [0.29, 0.717) is 0 Å². The molecule has 1 atom stereocenters. The molecule has 1 aliphatic carbocycles. The summed E-state index contributed by atoms with van der Waals surface area (Å²) >= 11 is 3.92. The Morgan fingerprint density at radius 1 is 1.14 bits per heavy atom. The summed E-state index contributed by atoms with van der Waals surface area (Å²) in [5.74, 6) is 0.258. The zero-order valence-electron chi connectivity index (χ0n) is 8.64. The van der Waals surface area contributed by atoms with Crippen molar-refractivity contribution in [1.82, 2.24) is 0 Å². The molecule has 1 unspecified atom stereocenters. The van der Waals surface area contributed by atoms with Crippen LogP contribution in [-0.4, -0.2) is 4.72 Å². The van der Waals surface area contributed by atoms with Gasteiger partial charge in [0.25, 0.3) is 0 Å². The van der Waals surface area contributed by atoms with Crippen LogP contribution >= 0.6 is 34.0 Å². The number of hydrogen-bond donors (Lipinski definition) is 0. The third-order valence-electron chi connectivity index (χ3n) is 2.84. The molecule has 0 saturated carbocycles. The molecular weight excluding hydrogens is 355 g/mol. The van der Waals surface area contributed by atoms with Gasteiger partial charge in [-0.2, -0.15) is 0 Å². The first-order chi connectivity index (χ1) is 5.46. The average Bonchev–Trinajstić information content (AvgIpc) is 2.16. The Balaban J connectivity index is 0. The number of hydrogen-bond acceptors (Lipinski definition) is 1. The first-order valence-electron chi connectivity index (χ1n) is 4.03. The molecule has 0 amide bonds. The first-order valence-corrected chi connectivity index (χ1v) is 4.55. The molecule has 14 heavy (non-hydrogen) atoms. The number of carbonyl (C=O) groups is 1. The molecule has 0 aromatic carbocycles. The fraction of sp³-hybridized carbons (Fsp3) is 0.500. The Kier molecular flexibility index (Phi) is 7.61. The quantitative estimate of drug-likeness (QED) is 0.691. The number of rotatable bonds is 1. The topological polar surface area (TPSA) is 17.1 Å². The van der Waals surface area contributed by atoms with Gasteiger partial charge in [-0.3, -0.25) is 0 Å². The van der Waals surface area contributed by atoms with Gasteiger partial charge in [0.05, 0.1) is 0 Å². The molecule has 0 bridgehead atoms. The van der Waals surface area contributed by atoms with Crippen LogP contribution < -0.4 is 0 Å². The third kappa shape index (κ3) is 2.81. The van der Waals surface area contributed by atoms with E-state index in [1.54, 1.807) is 0 Å². The van der Waals surface area contributed by atoms with E-state index in [2.05, 4.69) is 36.5 Å². The molecule has 4 heteroatoms. The molecule has 0 heterocycles. The van der Waals surface area contributed by atoms with Crippen LogP contribution in [0.5, 0.6) is 0 Å². The molecule has 0 aromatic rings.